The molecule has 1 aliphatic heterocycles. The fourth-order valence-corrected chi connectivity index (χ4v) is 5.52. The molecule has 4 nitrogen and oxygen atoms in total. The van der Waals surface area contributed by atoms with Crippen molar-refractivity contribution in [3.05, 3.63) is 51.2 Å². The van der Waals surface area contributed by atoms with E-state index >= 15 is 0 Å². The maximum atomic E-state index is 12.8. The zero-order valence-corrected chi connectivity index (χ0v) is 16.2. The number of carbonyl (C=O) groups is 2. The summed E-state index contributed by atoms with van der Waals surface area (Å²) in [7, 11) is 0. The van der Waals surface area contributed by atoms with Gasteiger partial charge in [0.2, 0.25) is 5.91 Å². The molecule has 2 heterocycles. The summed E-state index contributed by atoms with van der Waals surface area (Å²) in [4.78, 5) is 29.2. The lowest BCUT2D eigenvalue weighted by molar-refractivity contribution is -0.133. The lowest BCUT2D eigenvalue weighted by Gasteiger charge is -2.23. The van der Waals surface area contributed by atoms with Gasteiger partial charge in [0.1, 0.15) is 0 Å². The highest BCUT2D eigenvalue weighted by Gasteiger charge is 2.39. The van der Waals surface area contributed by atoms with E-state index in [1.54, 1.807) is 0 Å². The Morgan fingerprint density at radius 1 is 1.04 bits per heavy atom. The van der Waals surface area contributed by atoms with Crippen molar-refractivity contribution in [2.24, 2.45) is 5.92 Å². The van der Waals surface area contributed by atoms with Gasteiger partial charge < -0.3 is 10.2 Å². The van der Waals surface area contributed by atoms with Crippen LogP contribution in [0.5, 0.6) is 0 Å². The number of hydrogen-bond acceptors (Lipinski definition) is 3. The van der Waals surface area contributed by atoms with Gasteiger partial charge in [0.25, 0.3) is 5.91 Å². The van der Waals surface area contributed by atoms with Crippen LogP contribution >= 0.6 is 11.3 Å². The molecule has 2 aromatic rings. The highest BCUT2D eigenvalue weighted by Crippen LogP contribution is 2.40. The molecular weight excluding hydrogens is 356 g/mol. The van der Waals surface area contributed by atoms with Crippen LogP contribution in [0.1, 0.15) is 63.8 Å². The molecule has 0 spiro atoms. The van der Waals surface area contributed by atoms with E-state index in [0.717, 1.165) is 66.9 Å². The van der Waals surface area contributed by atoms with E-state index in [4.69, 9.17) is 0 Å². The lowest BCUT2D eigenvalue weighted by atomic mass is 10.1. The van der Waals surface area contributed by atoms with Crippen LogP contribution < -0.4 is 5.32 Å². The number of nitrogens with zero attached hydrogens (tertiary/aromatic N) is 1. The van der Waals surface area contributed by atoms with Gasteiger partial charge in [-0.15, -0.1) is 11.3 Å². The third-order valence-electron chi connectivity index (χ3n) is 6.04. The molecule has 2 amide bonds. The minimum atomic E-state index is -0.0374. The zero-order chi connectivity index (χ0) is 18.4. The Hall–Kier alpha value is -2.14. The smallest absolute Gasteiger partial charge is 0.265 e. The van der Waals surface area contributed by atoms with Crippen LogP contribution in [0.15, 0.2) is 30.3 Å². The summed E-state index contributed by atoms with van der Waals surface area (Å²) in [6.45, 7) is 0.857. The summed E-state index contributed by atoms with van der Waals surface area (Å²) < 4.78 is 0. The SMILES string of the molecule is O=C(Nc1cccc2c1CCC2)c1ccc(C2CCCN2C(=O)C2CC2)s1. The summed E-state index contributed by atoms with van der Waals surface area (Å²) in [5.74, 6) is 0.537. The van der Waals surface area contributed by atoms with Crippen molar-refractivity contribution in [2.45, 2.75) is 51.0 Å². The number of fused-ring (bicyclic) bond motifs is 1. The first kappa shape index (κ1) is 17.0. The molecule has 1 atom stereocenters. The fraction of sp³-hybridized carbons (Fsp3) is 0.455. The number of rotatable bonds is 4. The van der Waals surface area contributed by atoms with Gasteiger partial charge >= 0.3 is 0 Å². The molecule has 27 heavy (non-hydrogen) atoms. The van der Waals surface area contributed by atoms with Crippen LogP contribution in [0.2, 0.25) is 0 Å². The van der Waals surface area contributed by atoms with Crippen LogP contribution in [0.4, 0.5) is 5.69 Å². The van der Waals surface area contributed by atoms with Gasteiger partial charge in [0, 0.05) is 23.0 Å². The van der Waals surface area contributed by atoms with Gasteiger partial charge in [-0.1, -0.05) is 12.1 Å². The molecule has 1 saturated carbocycles. The Labute approximate surface area is 163 Å². The molecule has 1 saturated heterocycles. The molecular formula is C22H24N2O2S. The summed E-state index contributed by atoms with van der Waals surface area (Å²) in [6, 6.07) is 10.3. The largest absolute Gasteiger partial charge is 0.335 e. The standard InChI is InChI=1S/C22H24N2O2S/c25-21(23-17-7-2-5-14-4-1-6-16(14)17)20-12-11-19(27-20)18-8-3-13-24(18)22(26)15-9-10-15/h2,5,7,11-12,15,18H,1,3-4,6,8-10,13H2,(H,23,25). The predicted octanol–water partition coefficient (Wildman–Crippen LogP) is 4.56. The van der Waals surface area contributed by atoms with Gasteiger partial charge in [-0.2, -0.15) is 0 Å². The van der Waals surface area contributed by atoms with Crippen molar-refractivity contribution in [2.75, 3.05) is 11.9 Å². The second-order valence-corrected chi connectivity index (χ2v) is 9.03. The highest BCUT2D eigenvalue weighted by molar-refractivity contribution is 7.14. The third-order valence-corrected chi connectivity index (χ3v) is 7.22. The van der Waals surface area contributed by atoms with Crippen molar-refractivity contribution in [3.63, 3.8) is 0 Å². The summed E-state index contributed by atoms with van der Waals surface area (Å²) >= 11 is 1.54. The van der Waals surface area contributed by atoms with Crippen molar-refractivity contribution in [1.82, 2.24) is 4.90 Å². The molecule has 1 N–H and O–H groups in total. The van der Waals surface area contributed by atoms with Crippen LogP contribution in [0, 0.1) is 5.92 Å². The van der Waals surface area contributed by atoms with E-state index in [2.05, 4.69) is 16.3 Å². The number of amides is 2. The van der Waals surface area contributed by atoms with Crippen molar-refractivity contribution in [3.8, 4) is 0 Å². The molecule has 2 aliphatic carbocycles. The van der Waals surface area contributed by atoms with E-state index in [1.165, 1.54) is 22.5 Å². The van der Waals surface area contributed by atoms with E-state index < -0.39 is 0 Å². The Bertz CT molecular complexity index is 899. The number of aryl methyl sites for hydroxylation is 1. The van der Waals surface area contributed by atoms with Crippen molar-refractivity contribution >= 4 is 28.8 Å². The Kier molecular flexibility index (Phi) is 4.27. The zero-order valence-electron chi connectivity index (χ0n) is 15.4. The van der Waals surface area contributed by atoms with Crippen LogP contribution in [0.3, 0.4) is 0 Å². The predicted molar refractivity (Wildman–Crippen MR) is 107 cm³/mol. The summed E-state index contributed by atoms with van der Waals surface area (Å²) in [5, 5.41) is 3.12. The molecule has 5 rings (SSSR count). The molecule has 1 aromatic heterocycles. The van der Waals surface area contributed by atoms with E-state index in [0.29, 0.717) is 5.91 Å². The third kappa shape index (κ3) is 3.18. The topological polar surface area (TPSA) is 49.4 Å². The number of benzene rings is 1. The average Bonchev–Trinajstić information content (AvgIpc) is 3.08. The van der Waals surface area contributed by atoms with Gasteiger partial charge in [-0.05, 0) is 74.3 Å². The minimum Gasteiger partial charge on any atom is -0.335 e. The molecule has 0 radical (unpaired) electrons. The second-order valence-electron chi connectivity index (χ2n) is 7.92. The number of nitrogens with one attached hydrogen (secondary N) is 1. The molecule has 1 unspecified atom stereocenters. The van der Waals surface area contributed by atoms with Gasteiger partial charge in [-0.25, -0.2) is 0 Å². The Morgan fingerprint density at radius 2 is 1.93 bits per heavy atom. The maximum Gasteiger partial charge on any atom is 0.265 e. The first-order chi connectivity index (χ1) is 13.2. The van der Waals surface area contributed by atoms with Crippen LogP contribution in [-0.2, 0) is 17.6 Å². The Morgan fingerprint density at radius 3 is 2.78 bits per heavy atom. The lowest BCUT2D eigenvalue weighted by Crippen LogP contribution is -2.31. The Balaban J connectivity index is 1.32. The number of hydrogen-bond donors (Lipinski definition) is 1. The van der Waals surface area contributed by atoms with Crippen molar-refractivity contribution < 1.29 is 9.59 Å². The van der Waals surface area contributed by atoms with E-state index in [-0.39, 0.29) is 17.9 Å². The van der Waals surface area contributed by atoms with E-state index in [1.807, 2.05) is 24.3 Å². The second kappa shape index (κ2) is 6.79. The number of anilines is 1. The fourth-order valence-electron chi connectivity index (χ4n) is 4.47. The van der Waals surface area contributed by atoms with Crippen molar-refractivity contribution in [1.29, 1.82) is 0 Å². The summed E-state index contributed by atoms with van der Waals surface area (Å²) in [5.41, 5.74) is 3.61. The van der Waals surface area contributed by atoms with Gasteiger partial charge in [-0.3, -0.25) is 9.59 Å². The van der Waals surface area contributed by atoms with Gasteiger partial charge in [0.15, 0.2) is 0 Å². The highest BCUT2D eigenvalue weighted by atomic mass is 32.1. The first-order valence-corrected chi connectivity index (χ1v) is 10.8. The number of likely N-dealkylation sites (tertiary alicyclic amines) is 1. The minimum absolute atomic E-state index is 0.0374. The molecule has 140 valence electrons. The summed E-state index contributed by atoms with van der Waals surface area (Å²) in [6.07, 6.45) is 7.46. The molecule has 2 fully saturated rings. The first-order valence-electron chi connectivity index (χ1n) is 10.0. The monoisotopic (exact) mass is 380 g/mol. The molecule has 3 aliphatic rings. The molecule has 5 heteroatoms. The molecule has 0 bridgehead atoms. The van der Waals surface area contributed by atoms with E-state index in [9.17, 15) is 9.59 Å². The number of carbonyl (C=O) groups excluding carboxylic acids is 2. The normalized spacial score (nSPS) is 21.3. The number of thiophene rings is 1. The van der Waals surface area contributed by atoms with Crippen LogP contribution in [-0.4, -0.2) is 23.3 Å². The van der Waals surface area contributed by atoms with Crippen LogP contribution in [0.25, 0.3) is 0 Å². The quantitative estimate of drug-likeness (QED) is 0.845. The average molecular weight is 381 g/mol. The van der Waals surface area contributed by atoms with Gasteiger partial charge in [0.05, 0.1) is 10.9 Å². The molecule has 1 aromatic carbocycles. The maximum absolute atomic E-state index is 12.8.